The van der Waals surface area contributed by atoms with Gasteiger partial charge < -0.3 is 9.47 Å². The van der Waals surface area contributed by atoms with Crippen molar-refractivity contribution < 1.29 is 111 Å². The fraction of sp³-hybridized carbons (Fsp3) is 0.214. The Morgan fingerprint density at radius 3 is 0.926 bits per heavy atom. The molecule has 6 rings (SSSR count). The second kappa shape index (κ2) is 20.3. The Morgan fingerprint density at radius 1 is 0.426 bits per heavy atom. The molecule has 0 N–H and O–H groups in total. The maximum Gasteiger partial charge on any atom is 0.345 e. The lowest BCUT2D eigenvalue weighted by atomic mass is 9.12. The van der Waals surface area contributed by atoms with Crippen molar-refractivity contribution in [3.63, 3.8) is 0 Å². The molecule has 1 aromatic heterocycles. The van der Waals surface area contributed by atoms with E-state index in [2.05, 4.69) is 0 Å². The third-order valence-electron chi connectivity index (χ3n) is 11.0. The summed E-state index contributed by atoms with van der Waals surface area (Å²) in [7, 11) is 2.58. The van der Waals surface area contributed by atoms with Gasteiger partial charge in [-0.15, -0.1) is 21.9 Å². The Labute approximate surface area is 368 Å². The van der Waals surface area contributed by atoms with Gasteiger partial charge in [-0.25, -0.2) is 102 Å². The van der Waals surface area contributed by atoms with Crippen LogP contribution in [0, 0.1) is 122 Å². The Balaban J connectivity index is 0.000000314. The molecular formula is C42H24BF20NO4. The van der Waals surface area contributed by atoms with Gasteiger partial charge in [-0.05, 0) is 18.8 Å². The van der Waals surface area contributed by atoms with Crippen molar-refractivity contribution >= 4 is 39.9 Å². The summed E-state index contributed by atoms with van der Waals surface area (Å²) in [6, 6.07) is 5.78. The summed E-state index contributed by atoms with van der Waals surface area (Å²) in [4.78, 5) is 24.4. The zero-order chi connectivity index (χ0) is 51.0. The Hall–Kier alpha value is -6.63. The second-order valence-corrected chi connectivity index (χ2v) is 14.6. The minimum Gasteiger partial charge on any atom is -0.465 e. The Morgan fingerprint density at radius 2 is 0.676 bits per heavy atom. The number of hydrogen-bond acceptors (Lipinski definition) is 4. The highest BCUT2D eigenvalue weighted by molar-refractivity contribution is 7.20. The minimum atomic E-state index is -7.22. The van der Waals surface area contributed by atoms with Crippen LogP contribution in [0.5, 0.6) is 0 Å². The number of allylic oxidation sites excluding steroid dienone is 1. The lowest BCUT2D eigenvalue weighted by Crippen LogP contribution is -2.81. The third-order valence-corrected chi connectivity index (χ3v) is 11.0. The average molecular weight is 997 g/mol. The monoisotopic (exact) mass is 997 g/mol. The van der Waals surface area contributed by atoms with Crippen LogP contribution in [0.2, 0.25) is 0 Å². The van der Waals surface area contributed by atoms with Crippen molar-refractivity contribution in [3.05, 3.63) is 158 Å². The van der Waals surface area contributed by atoms with Crippen molar-refractivity contribution in [2.24, 2.45) is 5.92 Å². The largest absolute Gasteiger partial charge is 0.465 e. The number of aromatic nitrogens is 1. The number of rotatable bonds is 9. The predicted molar refractivity (Wildman–Crippen MR) is 193 cm³/mol. The summed E-state index contributed by atoms with van der Waals surface area (Å²) in [5.74, 6) is -72.4. The first-order valence-electron chi connectivity index (χ1n) is 18.9. The van der Waals surface area contributed by atoms with E-state index in [1.54, 1.807) is 0 Å². The lowest BCUT2D eigenvalue weighted by molar-refractivity contribution is -0.689. The fourth-order valence-corrected chi connectivity index (χ4v) is 8.02. The molecule has 68 heavy (non-hydrogen) atoms. The number of halogens is 20. The quantitative estimate of drug-likeness (QED) is 0.0173. The number of carbonyl (C=O) groups is 2. The molecule has 26 heteroatoms. The summed E-state index contributed by atoms with van der Waals surface area (Å²) in [6.45, 7) is 0.491. The number of pyridine rings is 1. The van der Waals surface area contributed by atoms with Crippen LogP contribution in [-0.2, 0) is 25.6 Å². The first-order valence-corrected chi connectivity index (χ1v) is 18.9. The van der Waals surface area contributed by atoms with Gasteiger partial charge in [-0.3, -0.25) is 0 Å². The predicted octanol–water partition coefficient (Wildman–Crippen LogP) is 8.04. The number of benzene rings is 4. The van der Waals surface area contributed by atoms with E-state index in [9.17, 15) is 62.3 Å². The van der Waals surface area contributed by atoms with Gasteiger partial charge in [0.25, 0.3) is 0 Å². The van der Waals surface area contributed by atoms with Crippen LogP contribution in [0.25, 0.3) is 0 Å². The van der Waals surface area contributed by atoms with Gasteiger partial charge in [0.15, 0.2) is 94.3 Å². The van der Waals surface area contributed by atoms with Crippen LogP contribution >= 0.6 is 0 Å². The summed E-state index contributed by atoms with van der Waals surface area (Å²) in [5.41, 5.74) is -13.5. The first-order chi connectivity index (χ1) is 31.9. The zero-order valence-electron chi connectivity index (χ0n) is 33.9. The molecule has 0 aliphatic heterocycles. The number of ether oxygens (including phenoxy) is 2. The minimum absolute atomic E-state index is 0.0539. The standard InChI is InChI=1S/C24BF20.C18H24NO4/c26-5-1(6(27)14(35)21(42)13(5)34)25(2-7(28)15(36)22(43)16(37)8(2)29,3-9(30)17(38)23(44)18(39)10(3)31)4-11(32)19(40)24(45)20(41)12(4)33;1-22-17(20)16(18(21)23-2)15(14-9-5-3-6-10-14)13-19-11-7-4-8-12-19/h;4,7-8,11-12,14H,3,5-6,9-10,13H2,1-2H3/q-1;+1. The summed E-state index contributed by atoms with van der Waals surface area (Å²) < 4.78 is 306. The molecule has 0 unspecified atom stereocenters. The molecule has 5 aromatic rings. The molecule has 1 saturated carbocycles. The van der Waals surface area contributed by atoms with Crippen LogP contribution in [0.1, 0.15) is 32.1 Å². The van der Waals surface area contributed by atoms with Gasteiger partial charge in [0, 0.05) is 17.7 Å². The number of esters is 2. The number of methoxy groups -OCH3 is 2. The summed E-state index contributed by atoms with van der Waals surface area (Å²) in [6.07, 6.45) is 2.04. The third kappa shape index (κ3) is 8.60. The van der Waals surface area contributed by atoms with Gasteiger partial charge in [0.05, 0.1) is 14.2 Å². The highest BCUT2D eigenvalue weighted by Crippen LogP contribution is 2.34. The molecule has 0 bridgehead atoms. The number of carbonyl (C=O) groups excluding carboxylic acids is 2. The lowest BCUT2D eigenvalue weighted by Gasteiger charge is -2.44. The van der Waals surface area contributed by atoms with Crippen LogP contribution < -0.4 is 26.4 Å². The molecule has 5 nitrogen and oxygen atoms in total. The van der Waals surface area contributed by atoms with Gasteiger partial charge in [0.1, 0.15) is 52.7 Å². The summed E-state index contributed by atoms with van der Waals surface area (Å²) >= 11 is 0. The van der Waals surface area contributed by atoms with E-state index in [-0.39, 0.29) is 11.5 Å². The highest BCUT2D eigenvalue weighted by Gasteiger charge is 2.52. The van der Waals surface area contributed by atoms with Crippen LogP contribution in [0.4, 0.5) is 87.8 Å². The van der Waals surface area contributed by atoms with Gasteiger partial charge in [-0.2, -0.15) is 0 Å². The molecule has 1 aliphatic carbocycles. The van der Waals surface area contributed by atoms with Crippen molar-refractivity contribution in [2.75, 3.05) is 14.2 Å². The van der Waals surface area contributed by atoms with Crippen LogP contribution in [0.15, 0.2) is 41.7 Å². The van der Waals surface area contributed by atoms with E-state index >= 15 is 35.1 Å². The van der Waals surface area contributed by atoms with E-state index in [1.807, 2.05) is 35.2 Å². The smallest absolute Gasteiger partial charge is 0.345 e. The molecule has 0 amide bonds. The molecule has 0 spiro atoms. The SMILES string of the molecule is COC(=O)C(C(=O)OC)=C(C[n+]1ccccc1)C1CCCCC1.Fc1c(F)c(F)c([B-](c2c(F)c(F)c(F)c(F)c2F)(c2c(F)c(F)c(F)c(F)c2F)c2c(F)c(F)c(F)c(F)c2F)c(F)c1F. The van der Waals surface area contributed by atoms with Crippen LogP contribution in [0.3, 0.4) is 0 Å². The van der Waals surface area contributed by atoms with Crippen LogP contribution in [-0.4, -0.2) is 32.3 Å². The van der Waals surface area contributed by atoms with E-state index in [0.717, 1.165) is 31.3 Å². The normalized spacial score (nSPS) is 13.0. The maximum absolute atomic E-state index is 15.4. The molecule has 1 fully saturated rings. The van der Waals surface area contributed by atoms with E-state index in [4.69, 9.17) is 9.47 Å². The Bertz CT molecular complexity index is 2470. The molecule has 4 aromatic carbocycles. The number of hydrogen-bond donors (Lipinski definition) is 0. The molecule has 364 valence electrons. The van der Waals surface area contributed by atoms with E-state index in [1.165, 1.54) is 20.6 Å². The molecule has 1 aliphatic rings. The summed E-state index contributed by atoms with van der Waals surface area (Å²) in [5, 5.41) is 0. The first kappa shape index (κ1) is 52.3. The van der Waals surface area contributed by atoms with Crippen molar-refractivity contribution in [2.45, 2.75) is 38.6 Å². The molecule has 0 radical (unpaired) electrons. The maximum atomic E-state index is 15.4. The molecule has 0 atom stereocenters. The highest BCUT2D eigenvalue weighted by atomic mass is 19.2. The fourth-order valence-electron chi connectivity index (χ4n) is 8.02. The zero-order valence-corrected chi connectivity index (χ0v) is 33.9. The molecule has 1 heterocycles. The molecular weight excluding hydrogens is 973 g/mol. The molecule has 0 saturated heterocycles. The van der Waals surface area contributed by atoms with Gasteiger partial charge >= 0.3 is 11.9 Å². The van der Waals surface area contributed by atoms with Crippen molar-refractivity contribution in [1.82, 2.24) is 0 Å². The van der Waals surface area contributed by atoms with Crippen molar-refractivity contribution in [1.29, 1.82) is 0 Å². The van der Waals surface area contributed by atoms with E-state index < -0.39 is 156 Å². The second-order valence-electron chi connectivity index (χ2n) is 14.6. The van der Waals surface area contributed by atoms with Gasteiger partial charge in [0.2, 0.25) is 0 Å². The number of nitrogens with zero attached hydrogens (tertiary/aromatic N) is 1. The average Bonchev–Trinajstić information content (AvgIpc) is 3.34. The van der Waals surface area contributed by atoms with E-state index in [0.29, 0.717) is 6.54 Å². The van der Waals surface area contributed by atoms with Crippen molar-refractivity contribution in [3.8, 4) is 0 Å². The Kier molecular flexibility index (Phi) is 15.6. The topological polar surface area (TPSA) is 56.5 Å². The van der Waals surface area contributed by atoms with Gasteiger partial charge in [-0.1, -0.05) is 25.3 Å².